The number of aromatic nitrogens is 4. The standard InChI is InChI=1S/C17H17FN6.C2H6/c18-12-3-1-11(2-4-12)15-16(14-6-8-21-17(19)23-14)24(10-22-15)13-5-7-20-9-13;1-2/h1-4,6,8,10,13,20H,5,7,9H2,(H2,19,21,23);1-2H3. The monoisotopic (exact) mass is 354 g/mol. The van der Waals surface area contributed by atoms with Gasteiger partial charge in [-0.15, -0.1) is 0 Å². The predicted molar refractivity (Wildman–Crippen MR) is 101 cm³/mol. The molecule has 136 valence electrons. The molecule has 1 saturated heterocycles. The summed E-state index contributed by atoms with van der Waals surface area (Å²) in [5, 5.41) is 3.36. The van der Waals surface area contributed by atoms with Crippen LogP contribution in [0, 0.1) is 5.82 Å². The molecule has 3 heterocycles. The van der Waals surface area contributed by atoms with Gasteiger partial charge in [0, 0.05) is 24.3 Å². The molecule has 1 aliphatic rings. The molecule has 3 aromatic rings. The molecule has 1 unspecified atom stereocenters. The second-order valence-electron chi connectivity index (χ2n) is 5.80. The second-order valence-corrected chi connectivity index (χ2v) is 5.80. The lowest BCUT2D eigenvalue weighted by Crippen LogP contribution is -2.14. The summed E-state index contributed by atoms with van der Waals surface area (Å²) in [6.45, 7) is 5.85. The van der Waals surface area contributed by atoms with Crippen LogP contribution in [0.15, 0.2) is 42.9 Å². The number of benzene rings is 1. The number of hydrogen-bond donors (Lipinski definition) is 2. The first-order valence-electron chi connectivity index (χ1n) is 8.85. The summed E-state index contributed by atoms with van der Waals surface area (Å²) in [4.78, 5) is 12.9. The molecule has 0 amide bonds. The van der Waals surface area contributed by atoms with Crippen molar-refractivity contribution in [3.05, 3.63) is 48.7 Å². The molecule has 2 aromatic heterocycles. The summed E-state index contributed by atoms with van der Waals surface area (Å²) in [6.07, 6.45) is 4.48. The SMILES string of the molecule is CC.Nc1nccc(-c2c(-c3ccc(F)cc3)ncn2C2CCNC2)n1. The fraction of sp³-hybridized carbons (Fsp3) is 0.316. The fourth-order valence-corrected chi connectivity index (χ4v) is 3.09. The number of nitrogens with two attached hydrogens (primary N) is 1. The Morgan fingerprint density at radius 1 is 1.15 bits per heavy atom. The number of rotatable bonds is 3. The van der Waals surface area contributed by atoms with Crippen LogP contribution >= 0.6 is 0 Å². The molecule has 7 heteroatoms. The highest BCUT2D eigenvalue weighted by atomic mass is 19.1. The maximum Gasteiger partial charge on any atom is 0.220 e. The zero-order valence-corrected chi connectivity index (χ0v) is 15.0. The molecule has 1 aliphatic heterocycles. The topological polar surface area (TPSA) is 81.6 Å². The number of imidazole rings is 1. The molecule has 0 spiro atoms. The molecule has 4 rings (SSSR count). The highest BCUT2D eigenvalue weighted by Gasteiger charge is 2.24. The van der Waals surface area contributed by atoms with E-state index in [1.54, 1.807) is 18.3 Å². The highest BCUT2D eigenvalue weighted by molar-refractivity contribution is 5.77. The minimum Gasteiger partial charge on any atom is -0.368 e. The van der Waals surface area contributed by atoms with Crippen molar-refractivity contribution in [2.45, 2.75) is 26.3 Å². The van der Waals surface area contributed by atoms with Gasteiger partial charge in [-0.2, -0.15) is 0 Å². The van der Waals surface area contributed by atoms with Crippen LogP contribution in [0.2, 0.25) is 0 Å². The van der Waals surface area contributed by atoms with E-state index in [1.807, 2.05) is 26.2 Å². The van der Waals surface area contributed by atoms with Gasteiger partial charge in [-0.05, 0) is 43.3 Å². The van der Waals surface area contributed by atoms with Gasteiger partial charge in [-0.1, -0.05) is 13.8 Å². The van der Waals surface area contributed by atoms with Gasteiger partial charge in [0.2, 0.25) is 5.95 Å². The largest absolute Gasteiger partial charge is 0.368 e. The zero-order chi connectivity index (χ0) is 18.5. The van der Waals surface area contributed by atoms with E-state index in [4.69, 9.17) is 5.73 Å². The average Bonchev–Trinajstić information content (AvgIpc) is 3.33. The third-order valence-electron chi connectivity index (χ3n) is 4.26. The van der Waals surface area contributed by atoms with Gasteiger partial charge in [0.25, 0.3) is 0 Å². The van der Waals surface area contributed by atoms with Crippen LogP contribution in [0.25, 0.3) is 22.6 Å². The molecule has 6 nitrogen and oxygen atoms in total. The van der Waals surface area contributed by atoms with E-state index in [2.05, 4.69) is 24.8 Å². The van der Waals surface area contributed by atoms with Crippen molar-refractivity contribution in [2.75, 3.05) is 18.8 Å². The van der Waals surface area contributed by atoms with Gasteiger partial charge < -0.3 is 15.6 Å². The van der Waals surface area contributed by atoms with E-state index in [0.717, 1.165) is 36.5 Å². The lowest BCUT2D eigenvalue weighted by molar-refractivity contribution is 0.551. The Bertz CT molecular complexity index is 853. The van der Waals surface area contributed by atoms with Crippen molar-refractivity contribution in [3.8, 4) is 22.6 Å². The molecular formula is C19H23FN6. The van der Waals surface area contributed by atoms with Gasteiger partial charge in [-0.25, -0.2) is 19.3 Å². The second kappa shape index (κ2) is 8.05. The summed E-state index contributed by atoms with van der Waals surface area (Å²) in [7, 11) is 0. The minimum absolute atomic E-state index is 0.217. The summed E-state index contributed by atoms with van der Waals surface area (Å²) >= 11 is 0. The number of nitrogens with one attached hydrogen (secondary N) is 1. The van der Waals surface area contributed by atoms with Gasteiger partial charge >= 0.3 is 0 Å². The Morgan fingerprint density at radius 3 is 2.58 bits per heavy atom. The van der Waals surface area contributed by atoms with Crippen LogP contribution in [-0.2, 0) is 0 Å². The molecule has 0 bridgehead atoms. The first kappa shape index (κ1) is 18.0. The summed E-state index contributed by atoms with van der Waals surface area (Å²) in [5.74, 6) is -0.0548. The molecule has 1 fully saturated rings. The first-order chi connectivity index (χ1) is 12.7. The van der Waals surface area contributed by atoms with E-state index in [9.17, 15) is 4.39 Å². The van der Waals surface area contributed by atoms with Crippen LogP contribution in [0.4, 0.5) is 10.3 Å². The van der Waals surface area contributed by atoms with Crippen molar-refractivity contribution in [2.24, 2.45) is 0 Å². The Balaban J connectivity index is 0.000000948. The Morgan fingerprint density at radius 2 is 1.92 bits per heavy atom. The molecule has 0 saturated carbocycles. The van der Waals surface area contributed by atoms with Crippen molar-refractivity contribution in [3.63, 3.8) is 0 Å². The summed E-state index contributed by atoms with van der Waals surface area (Å²) < 4.78 is 15.4. The van der Waals surface area contributed by atoms with Crippen molar-refractivity contribution in [1.29, 1.82) is 0 Å². The number of hydrogen-bond acceptors (Lipinski definition) is 5. The van der Waals surface area contributed by atoms with Gasteiger partial charge in [0.15, 0.2) is 0 Å². The average molecular weight is 354 g/mol. The minimum atomic E-state index is -0.272. The summed E-state index contributed by atoms with van der Waals surface area (Å²) in [6, 6.07) is 8.44. The number of nitrogens with zero attached hydrogens (tertiary/aromatic N) is 4. The molecule has 3 N–H and O–H groups in total. The fourth-order valence-electron chi connectivity index (χ4n) is 3.09. The summed E-state index contributed by atoms with van der Waals surface area (Å²) in [5.41, 5.74) is 8.96. The smallest absolute Gasteiger partial charge is 0.220 e. The normalized spacial score (nSPS) is 16.2. The third-order valence-corrected chi connectivity index (χ3v) is 4.26. The molecule has 26 heavy (non-hydrogen) atoms. The third kappa shape index (κ3) is 3.57. The number of halogens is 1. The van der Waals surface area contributed by atoms with E-state index >= 15 is 0 Å². The predicted octanol–water partition coefficient (Wildman–Crippen LogP) is 3.29. The lowest BCUT2D eigenvalue weighted by Gasteiger charge is -2.15. The maximum absolute atomic E-state index is 13.3. The van der Waals surface area contributed by atoms with Crippen LogP contribution < -0.4 is 11.1 Å². The van der Waals surface area contributed by atoms with Crippen LogP contribution in [-0.4, -0.2) is 32.6 Å². The quantitative estimate of drug-likeness (QED) is 0.754. The van der Waals surface area contributed by atoms with Crippen LogP contribution in [0.3, 0.4) is 0 Å². The van der Waals surface area contributed by atoms with Gasteiger partial charge in [0.05, 0.1) is 23.4 Å². The van der Waals surface area contributed by atoms with E-state index < -0.39 is 0 Å². The highest BCUT2D eigenvalue weighted by Crippen LogP contribution is 2.33. The number of anilines is 1. The Kier molecular flexibility index (Phi) is 5.58. The van der Waals surface area contributed by atoms with Gasteiger partial charge in [0.1, 0.15) is 5.82 Å². The first-order valence-corrected chi connectivity index (χ1v) is 8.85. The van der Waals surface area contributed by atoms with Crippen molar-refractivity contribution in [1.82, 2.24) is 24.8 Å². The van der Waals surface area contributed by atoms with E-state index in [-0.39, 0.29) is 11.8 Å². The van der Waals surface area contributed by atoms with Crippen LogP contribution in [0.1, 0.15) is 26.3 Å². The molecule has 1 aromatic carbocycles. The zero-order valence-electron chi connectivity index (χ0n) is 15.0. The number of nitrogen functional groups attached to an aromatic ring is 1. The van der Waals surface area contributed by atoms with E-state index in [1.165, 1.54) is 12.1 Å². The van der Waals surface area contributed by atoms with Crippen LogP contribution in [0.5, 0.6) is 0 Å². The Hall–Kier alpha value is -2.80. The maximum atomic E-state index is 13.3. The van der Waals surface area contributed by atoms with Crippen molar-refractivity contribution >= 4 is 5.95 Å². The van der Waals surface area contributed by atoms with E-state index in [0.29, 0.717) is 11.7 Å². The molecular weight excluding hydrogens is 331 g/mol. The molecule has 1 atom stereocenters. The molecule has 0 aliphatic carbocycles. The van der Waals surface area contributed by atoms with Gasteiger partial charge in [-0.3, -0.25) is 0 Å². The lowest BCUT2D eigenvalue weighted by atomic mass is 10.1. The Labute approximate surface area is 152 Å². The molecule has 0 radical (unpaired) electrons. The van der Waals surface area contributed by atoms with Crippen molar-refractivity contribution < 1.29 is 4.39 Å².